The first kappa shape index (κ1) is 23.4. The summed E-state index contributed by atoms with van der Waals surface area (Å²) in [6, 6.07) is 12.4. The zero-order valence-electron chi connectivity index (χ0n) is 20.1. The van der Waals surface area contributed by atoms with Crippen LogP contribution in [0.15, 0.2) is 36.4 Å². The summed E-state index contributed by atoms with van der Waals surface area (Å²) in [5.74, 6) is 3.11. The highest BCUT2D eigenvalue weighted by molar-refractivity contribution is 5.80. The molecule has 33 heavy (non-hydrogen) atoms. The molecule has 0 spiro atoms. The van der Waals surface area contributed by atoms with Crippen LogP contribution in [0, 0.1) is 5.92 Å². The Balaban J connectivity index is 1.26. The zero-order valence-corrected chi connectivity index (χ0v) is 20.1. The van der Waals surface area contributed by atoms with Crippen LogP contribution in [0.25, 0.3) is 0 Å². The SMILES string of the molecule is COc1ccc(CCCN2CCC(CN3CCc4cc(OC)c(OC)cc4CC3=O)C2)cc1. The van der Waals surface area contributed by atoms with Crippen molar-refractivity contribution in [3.05, 3.63) is 53.1 Å². The van der Waals surface area contributed by atoms with Crippen LogP contribution >= 0.6 is 0 Å². The molecule has 178 valence electrons. The van der Waals surface area contributed by atoms with Gasteiger partial charge in [0.1, 0.15) is 5.75 Å². The van der Waals surface area contributed by atoms with Gasteiger partial charge in [-0.05, 0) is 85.6 Å². The fourth-order valence-electron chi connectivity index (χ4n) is 5.08. The fraction of sp³-hybridized carbons (Fsp3) is 0.519. The largest absolute Gasteiger partial charge is 0.497 e. The lowest BCUT2D eigenvalue weighted by molar-refractivity contribution is -0.130. The van der Waals surface area contributed by atoms with Crippen LogP contribution in [-0.4, -0.2) is 69.8 Å². The number of carbonyl (C=O) groups is 1. The molecule has 1 atom stereocenters. The van der Waals surface area contributed by atoms with Gasteiger partial charge in [0.05, 0.1) is 27.8 Å². The van der Waals surface area contributed by atoms with Crippen LogP contribution in [0.5, 0.6) is 17.2 Å². The summed E-state index contributed by atoms with van der Waals surface area (Å²) >= 11 is 0. The number of amides is 1. The third-order valence-corrected chi connectivity index (χ3v) is 7.00. The Bertz CT molecular complexity index is 944. The fourth-order valence-corrected chi connectivity index (χ4v) is 5.08. The summed E-state index contributed by atoms with van der Waals surface area (Å²) in [4.78, 5) is 17.6. The maximum Gasteiger partial charge on any atom is 0.227 e. The van der Waals surface area contributed by atoms with Crippen LogP contribution < -0.4 is 14.2 Å². The van der Waals surface area contributed by atoms with Crippen molar-refractivity contribution >= 4 is 5.91 Å². The highest BCUT2D eigenvalue weighted by atomic mass is 16.5. The van der Waals surface area contributed by atoms with Gasteiger partial charge in [-0.2, -0.15) is 0 Å². The maximum atomic E-state index is 13.0. The summed E-state index contributed by atoms with van der Waals surface area (Å²) in [6.07, 6.45) is 4.70. The van der Waals surface area contributed by atoms with Crippen molar-refractivity contribution in [2.75, 3.05) is 54.1 Å². The molecule has 1 fully saturated rings. The number of aryl methyl sites for hydroxylation is 1. The Morgan fingerprint density at radius 3 is 2.36 bits per heavy atom. The van der Waals surface area contributed by atoms with E-state index in [1.165, 1.54) is 17.5 Å². The average molecular weight is 453 g/mol. The van der Waals surface area contributed by atoms with Crippen molar-refractivity contribution in [1.82, 2.24) is 9.80 Å². The van der Waals surface area contributed by atoms with Crippen LogP contribution in [0.2, 0.25) is 0 Å². The summed E-state index contributed by atoms with van der Waals surface area (Å²) < 4.78 is 16.1. The van der Waals surface area contributed by atoms with Gasteiger partial charge in [-0.3, -0.25) is 4.79 Å². The lowest BCUT2D eigenvalue weighted by atomic mass is 10.0. The van der Waals surface area contributed by atoms with E-state index in [9.17, 15) is 4.79 Å². The van der Waals surface area contributed by atoms with Gasteiger partial charge >= 0.3 is 0 Å². The van der Waals surface area contributed by atoms with E-state index in [0.717, 1.165) is 69.0 Å². The molecule has 0 aromatic heterocycles. The van der Waals surface area contributed by atoms with E-state index < -0.39 is 0 Å². The molecule has 2 aliphatic heterocycles. The Morgan fingerprint density at radius 2 is 1.67 bits per heavy atom. The summed E-state index contributed by atoms with van der Waals surface area (Å²) in [6.45, 7) is 4.96. The quantitative estimate of drug-likeness (QED) is 0.582. The predicted octanol–water partition coefficient (Wildman–Crippen LogP) is 3.59. The van der Waals surface area contributed by atoms with Crippen molar-refractivity contribution in [2.24, 2.45) is 5.92 Å². The molecule has 0 bridgehead atoms. The first-order valence-electron chi connectivity index (χ1n) is 12.0. The molecule has 6 nitrogen and oxygen atoms in total. The highest BCUT2D eigenvalue weighted by Crippen LogP contribution is 2.32. The van der Waals surface area contributed by atoms with E-state index in [1.807, 2.05) is 24.3 Å². The summed E-state index contributed by atoms with van der Waals surface area (Å²) in [7, 11) is 4.99. The third kappa shape index (κ3) is 5.80. The highest BCUT2D eigenvalue weighted by Gasteiger charge is 2.28. The topological polar surface area (TPSA) is 51.2 Å². The van der Waals surface area contributed by atoms with Gasteiger partial charge in [0.2, 0.25) is 5.91 Å². The minimum atomic E-state index is 0.221. The Morgan fingerprint density at radius 1 is 0.939 bits per heavy atom. The molecule has 0 aliphatic carbocycles. The molecule has 0 N–H and O–H groups in total. The van der Waals surface area contributed by atoms with Crippen LogP contribution in [0.3, 0.4) is 0 Å². The average Bonchev–Trinajstić information content (AvgIpc) is 3.23. The predicted molar refractivity (Wildman–Crippen MR) is 129 cm³/mol. The van der Waals surface area contributed by atoms with Crippen molar-refractivity contribution in [3.8, 4) is 17.2 Å². The third-order valence-electron chi connectivity index (χ3n) is 7.00. The van der Waals surface area contributed by atoms with Crippen LogP contribution in [-0.2, 0) is 24.1 Å². The lowest BCUT2D eigenvalue weighted by Gasteiger charge is -2.24. The number of carbonyl (C=O) groups excluding carboxylic acids is 1. The molecule has 0 saturated carbocycles. The van der Waals surface area contributed by atoms with Gasteiger partial charge in [0.15, 0.2) is 11.5 Å². The van der Waals surface area contributed by atoms with Crippen molar-refractivity contribution in [1.29, 1.82) is 0 Å². The van der Waals surface area contributed by atoms with E-state index >= 15 is 0 Å². The van der Waals surface area contributed by atoms with Crippen LogP contribution in [0.4, 0.5) is 0 Å². The second-order valence-electron chi connectivity index (χ2n) is 9.15. The zero-order chi connectivity index (χ0) is 23.2. The van der Waals surface area contributed by atoms with Gasteiger partial charge in [0, 0.05) is 19.6 Å². The molecule has 2 aromatic rings. The molecule has 4 rings (SSSR count). The van der Waals surface area contributed by atoms with E-state index in [-0.39, 0.29) is 5.91 Å². The van der Waals surface area contributed by atoms with E-state index in [2.05, 4.69) is 21.9 Å². The number of nitrogens with zero attached hydrogens (tertiary/aromatic N) is 2. The van der Waals surface area contributed by atoms with Gasteiger partial charge in [0.25, 0.3) is 0 Å². The minimum Gasteiger partial charge on any atom is -0.497 e. The summed E-state index contributed by atoms with van der Waals surface area (Å²) in [5.41, 5.74) is 3.61. The monoisotopic (exact) mass is 452 g/mol. The lowest BCUT2D eigenvalue weighted by Crippen LogP contribution is -2.37. The Hall–Kier alpha value is -2.73. The molecular formula is C27H36N2O4. The number of benzene rings is 2. The molecule has 6 heteroatoms. The van der Waals surface area contributed by atoms with E-state index in [1.54, 1.807) is 21.3 Å². The number of ether oxygens (including phenoxy) is 3. The molecule has 2 aliphatic rings. The van der Waals surface area contributed by atoms with Crippen LogP contribution in [0.1, 0.15) is 29.5 Å². The Labute approximate surface area is 197 Å². The number of likely N-dealkylation sites (tertiary alicyclic amines) is 1. The first-order chi connectivity index (χ1) is 16.1. The number of hydrogen-bond acceptors (Lipinski definition) is 5. The number of hydrogen-bond donors (Lipinski definition) is 0. The van der Waals surface area contributed by atoms with Crippen molar-refractivity contribution in [2.45, 2.75) is 32.1 Å². The molecule has 2 heterocycles. The minimum absolute atomic E-state index is 0.221. The first-order valence-corrected chi connectivity index (χ1v) is 12.0. The molecule has 1 amide bonds. The second-order valence-corrected chi connectivity index (χ2v) is 9.15. The van der Waals surface area contributed by atoms with Crippen molar-refractivity contribution in [3.63, 3.8) is 0 Å². The summed E-state index contributed by atoms with van der Waals surface area (Å²) in [5, 5.41) is 0. The molecule has 1 saturated heterocycles. The number of rotatable bonds is 9. The second kappa shape index (κ2) is 10.9. The molecule has 1 unspecified atom stereocenters. The number of methoxy groups -OCH3 is 3. The number of fused-ring (bicyclic) bond motifs is 1. The molecular weight excluding hydrogens is 416 g/mol. The Kier molecular flexibility index (Phi) is 7.76. The van der Waals surface area contributed by atoms with E-state index in [0.29, 0.717) is 18.1 Å². The van der Waals surface area contributed by atoms with Gasteiger partial charge < -0.3 is 24.0 Å². The molecule has 2 aromatic carbocycles. The normalized spacial score (nSPS) is 18.7. The van der Waals surface area contributed by atoms with Gasteiger partial charge in [-0.25, -0.2) is 0 Å². The molecule has 0 radical (unpaired) electrons. The maximum absolute atomic E-state index is 13.0. The van der Waals surface area contributed by atoms with E-state index in [4.69, 9.17) is 14.2 Å². The van der Waals surface area contributed by atoms with Gasteiger partial charge in [-0.15, -0.1) is 0 Å². The van der Waals surface area contributed by atoms with Gasteiger partial charge in [-0.1, -0.05) is 12.1 Å². The van der Waals surface area contributed by atoms with Crippen molar-refractivity contribution < 1.29 is 19.0 Å². The standard InChI is InChI=1S/C27H36N2O4/c1-31-24-8-6-20(7-9-24)5-4-12-28-13-10-21(18-28)19-29-14-11-22-15-25(32-2)26(33-3)16-23(22)17-27(29)30/h6-9,15-16,21H,4-5,10-14,17-19H2,1-3H3. The smallest absolute Gasteiger partial charge is 0.227 e.